The summed E-state index contributed by atoms with van der Waals surface area (Å²) < 4.78 is 0. The Balaban J connectivity index is 2.58. The summed E-state index contributed by atoms with van der Waals surface area (Å²) in [5.41, 5.74) is 6.86. The molecule has 0 aromatic heterocycles. The quantitative estimate of drug-likeness (QED) is 0.783. The van der Waals surface area contributed by atoms with Crippen LogP contribution in [0.15, 0.2) is 41.1 Å². The van der Waals surface area contributed by atoms with Crippen LogP contribution in [0.25, 0.3) is 5.57 Å². The first-order chi connectivity index (χ1) is 9.45. The molecule has 2 nitrogen and oxygen atoms in total. The second kappa shape index (κ2) is 5.68. The lowest BCUT2D eigenvalue weighted by atomic mass is 9.86. The molecule has 0 amide bonds. The van der Waals surface area contributed by atoms with E-state index in [1.54, 1.807) is 7.05 Å². The second-order valence-corrected chi connectivity index (χ2v) is 5.44. The van der Waals surface area contributed by atoms with E-state index in [1.165, 1.54) is 16.7 Å². The standard InChI is InChI=1S/C17H19ClN2/c1-10-8-11(2)15(12(3)9-10)13-6-5-7-14(16(13)19)17(18)20-4/h5-9,19-20H,1-4H3/b17-14-,19-16?. The molecule has 2 rings (SSSR count). The van der Waals surface area contributed by atoms with Gasteiger partial charge in [-0.3, -0.25) is 5.41 Å². The van der Waals surface area contributed by atoms with E-state index < -0.39 is 0 Å². The number of allylic oxidation sites excluding steroid dienone is 5. The summed E-state index contributed by atoms with van der Waals surface area (Å²) in [7, 11) is 1.76. The van der Waals surface area contributed by atoms with E-state index in [2.05, 4.69) is 38.2 Å². The number of hydrogen-bond donors (Lipinski definition) is 2. The maximum absolute atomic E-state index is 8.42. The van der Waals surface area contributed by atoms with E-state index in [9.17, 15) is 0 Å². The van der Waals surface area contributed by atoms with Crippen molar-refractivity contribution in [1.29, 1.82) is 5.41 Å². The number of rotatable bonds is 2. The Morgan fingerprint density at radius 2 is 1.75 bits per heavy atom. The van der Waals surface area contributed by atoms with Crippen LogP contribution >= 0.6 is 11.6 Å². The van der Waals surface area contributed by atoms with Gasteiger partial charge in [0, 0.05) is 18.2 Å². The summed E-state index contributed by atoms with van der Waals surface area (Å²) >= 11 is 6.15. The minimum Gasteiger partial charge on any atom is -0.378 e. The van der Waals surface area contributed by atoms with E-state index in [-0.39, 0.29) is 0 Å². The van der Waals surface area contributed by atoms with Gasteiger partial charge in [0.15, 0.2) is 0 Å². The van der Waals surface area contributed by atoms with Gasteiger partial charge in [0.05, 0.1) is 5.71 Å². The fourth-order valence-electron chi connectivity index (χ4n) is 2.68. The first-order valence-corrected chi connectivity index (χ1v) is 6.97. The van der Waals surface area contributed by atoms with Gasteiger partial charge in [-0.2, -0.15) is 0 Å². The van der Waals surface area contributed by atoms with E-state index in [4.69, 9.17) is 17.0 Å². The molecule has 20 heavy (non-hydrogen) atoms. The Morgan fingerprint density at radius 3 is 2.30 bits per heavy atom. The van der Waals surface area contributed by atoms with Crippen molar-refractivity contribution in [3.63, 3.8) is 0 Å². The Kier molecular flexibility index (Phi) is 4.15. The molecule has 0 atom stereocenters. The van der Waals surface area contributed by atoms with Crippen LogP contribution in [0.1, 0.15) is 22.3 Å². The van der Waals surface area contributed by atoms with Gasteiger partial charge in [-0.1, -0.05) is 41.4 Å². The van der Waals surface area contributed by atoms with Crippen LogP contribution in [-0.4, -0.2) is 12.8 Å². The van der Waals surface area contributed by atoms with Gasteiger partial charge in [-0.25, -0.2) is 0 Å². The molecule has 0 fully saturated rings. The van der Waals surface area contributed by atoms with Crippen LogP contribution in [-0.2, 0) is 0 Å². The molecule has 0 saturated carbocycles. The first kappa shape index (κ1) is 14.6. The number of halogens is 1. The van der Waals surface area contributed by atoms with Crippen molar-refractivity contribution in [3.05, 3.63) is 63.3 Å². The van der Waals surface area contributed by atoms with E-state index in [1.807, 2.05) is 18.2 Å². The summed E-state index contributed by atoms with van der Waals surface area (Å²) in [6, 6.07) is 4.30. The summed E-state index contributed by atoms with van der Waals surface area (Å²) in [4.78, 5) is 0. The summed E-state index contributed by atoms with van der Waals surface area (Å²) in [5.74, 6) is 0. The fourth-order valence-corrected chi connectivity index (χ4v) is 2.84. The molecule has 2 N–H and O–H groups in total. The van der Waals surface area contributed by atoms with Crippen molar-refractivity contribution in [2.45, 2.75) is 20.8 Å². The highest BCUT2D eigenvalue weighted by atomic mass is 35.5. The number of aryl methyl sites for hydroxylation is 3. The molecule has 0 bridgehead atoms. The van der Waals surface area contributed by atoms with Crippen LogP contribution in [0.4, 0.5) is 0 Å². The monoisotopic (exact) mass is 286 g/mol. The van der Waals surface area contributed by atoms with Crippen molar-refractivity contribution in [1.82, 2.24) is 5.32 Å². The highest BCUT2D eigenvalue weighted by Gasteiger charge is 2.19. The summed E-state index contributed by atoms with van der Waals surface area (Å²) in [5, 5.41) is 11.8. The van der Waals surface area contributed by atoms with E-state index in [0.717, 1.165) is 16.7 Å². The van der Waals surface area contributed by atoms with Gasteiger partial charge in [-0.05, 0) is 43.5 Å². The van der Waals surface area contributed by atoms with E-state index in [0.29, 0.717) is 10.9 Å². The zero-order chi connectivity index (χ0) is 14.9. The Bertz CT molecular complexity index is 641. The minimum absolute atomic E-state index is 0.460. The third kappa shape index (κ3) is 2.56. The number of nitrogens with one attached hydrogen (secondary N) is 2. The highest BCUT2D eigenvalue weighted by molar-refractivity contribution is 6.39. The molecular weight excluding hydrogens is 268 g/mol. The molecule has 1 aliphatic carbocycles. The van der Waals surface area contributed by atoms with Gasteiger partial charge < -0.3 is 5.32 Å². The first-order valence-electron chi connectivity index (χ1n) is 6.59. The molecule has 1 aromatic rings. The molecule has 3 heteroatoms. The maximum atomic E-state index is 8.42. The largest absolute Gasteiger partial charge is 0.378 e. The molecular formula is C17H19ClN2. The third-order valence-electron chi connectivity index (χ3n) is 3.47. The zero-order valence-corrected chi connectivity index (χ0v) is 13.0. The average molecular weight is 287 g/mol. The van der Waals surface area contributed by atoms with Crippen molar-refractivity contribution in [3.8, 4) is 0 Å². The Hall–Kier alpha value is -1.80. The van der Waals surface area contributed by atoms with Crippen LogP contribution < -0.4 is 5.32 Å². The average Bonchev–Trinajstić information content (AvgIpc) is 2.38. The second-order valence-electron chi connectivity index (χ2n) is 5.07. The SMILES string of the molecule is CN/C(Cl)=C1/C=CC=C(c2c(C)cc(C)cc2C)C1=N. The maximum Gasteiger partial charge on any atom is 0.111 e. The van der Waals surface area contributed by atoms with Crippen LogP contribution in [0.2, 0.25) is 0 Å². The third-order valence-corrected chi connectivity index (χ3v) is 3.86. The van der Waals surface area contributed by atoms with Gasteiger partial charge in [0.1, 0.15) is 5.16 Å². The Labute approximate surface area is 125 Å². The van der Waals surface area contributed by atoms with Gasteiger partial charge in [0.25, 0.3) is 0 Å². The summed E-state index contributed by atoms with van der Waals surface area (Å²) in [6.45, 7) is 6.27. The molecule has 0 heterocycles. The zero-order valence-electron chi connectivity index (χ0n) is 12.3. The van der Waals surface area contributed by atoms with Crippen molar-refractivity contribution in [2.24, 2.45) is 0 Å². The van der Waals surface area contributed by atoms with E-state index >= 15 is 0 Å². The van der Waals surface area contributed by atoms with Gasteiger partial charge in [0.2, 0.25) is 0 Å². The van der Waals surface area contributed by atoms with Gasteiger partial charge >= 0.3 is 0 Å². The van der Waals surface area contributed by atoms with Crippen molar-refractivity contribution >= 4 is 22.9 Å². The normalized spacial score (nSPS) is 17.1. The molecule has 104 valence electrons. The molecule has 0 spiro atoms. The lowest BCUT2D eigenvalue weighted by molar-refractivity contribution is 1.06. The predicted octanol–water partition coefficient (Wildman–Crippen LogP) is 4.25. The van der Waals surface area contributed by atoms with Crippen LogP contribution in [0.5, 0.6) is 0 Å². The Morgan fingerprint density at radius 1 is 1.15 bits per heavy atom. The molecule has 0 aliphatic heterocycles. The lowest BCUT2D eigenvalue weighted by Gasteiger charge is -2.19. The predicted molar refractivity (Wildman–Crippen MR) is 87.4 cm³/mol. The van der Waals surface area contributed by atoms with Gasteiger partial charge in [-0.15, -0.1) is 0 Å². The molecule has 0 unspecified atom stereocenters. The smallest absolute Gasteiger partial charge is 0.111 e. The van der Waals surface area contributed by atoms with Crippen LogP contribution in [0, 0.1) is 26.2 Å². The van der Waals surface area contributed by atoms with Crippen molar-refractivity contribution in [2.75, 3.05) is 7.05 Å². The van der Waals surface area contributed by atoms with Crippen LogP contribution in [0.3, 0.4) is 0 Å². The van der Waals surface area contributed by atoms with Crippen molar-refractivity contribution < 1.29 is 0 Å². The molecule has 1 aromatic carbocycles. The summed E-state index contributed by atoms with van der Waals surface area (Å²) in [6.07, 6.45) is 5.79. The molecule has 1 aliphatic rings. The highest BCUT2D eigenvalue weighted by Crippen LogP contribution is 2.31. The molecule has 0 radical (unpaired) electrons. The number of benzene rings is 1. The topological polar surface area (TPSA) is 35.9 Å². The molecule has 0 saturated heterocycles. The number of hydrogen-bond acceptors (Lipinski definition) is 2. The lowest BCUT2D eigenvalue weighted by Crippen LogP contribution is -2.14. The fraction of sp³-hybridized carbons (Fsp3) is 0.235. The minimum atomic E-state index is 0.460.